The van der Waals surface area contributed by atoms with Crippen molar-refractivity contribution in [2.24, 2.45) is 5.92 Å². The molecule has 5 heterocycles. The maximum absolute atomic E-state index is 13.7. The van der Waals surface area contributed by atoms with E-state index in [1.54, 1.807) is 6.07 Å². The smallest absolute Gasteiger partial charge is 0.262 e. The molecule has 4 aliphatic rings. The normalized spacial score (nSPS) is 29.7. The number of hydrogen-bond acceptors (Lipinski definition) is 4. The zero-order valence-corrected chi connectivity index (χ0v) is 17.4. The number of nitrogens with zero attached hydrogens (tertiary/aromatic N) is 3. The van der Waals surface area contributed by atoms with Crippen molar-refractivity contribution in [2.45, 2.75) is 37.5 Å². The molecule has 31 heavy (non-hydrogen) atoms. The van der Waals surface area contributed by atoms with Crippen molar-refractivity contribution in [1.82, 2.24) is 9.88 Å². The number of rotatable bonds is 3. The molecule has 0 spiro atoms. The third kappa shape index (κ3) is 3.96. The van der Waals surface area contributed by atoms with Gasteiger partial charge in [0.1, 0.15) is 11.4 Å². The topological polar surface area (TPSA) is 56.7 Å². The number of alkyl halides is 1. The number of fused-ring (bicyclic) bond motifs is 3. The molecule has 6 heteroatoms. The van der Waals surface area contributed by atoms with Crippen LogP contribution in [0.3, 0.4) is 0 Å². The van der Waals surface area contributed by atoms with Crippen LogP contribution in [0.5, 0.6) is 0 Å². The molecule has 2 atom stereocenters. The predicted octanol–water partition coefficient (Wildman–Crippen LogP) is 2.56. The van der Waals surface area contributed by atoms with Crippen molar-refractivity contribution in [2.75, 3.05) is 31.1 Å². The minimum atomic E-state index is -1.45. The Morgan fingerprint density at radius 1 is 1.10 bits per heavy atom. The van der Waals surface area contributed by atoms with E-state index in [0.29, 0.717) is 25.3 Å². The molecule has 4 fully saturated rings. The Morgan fingerprint density at radius 3 is 2.52 bits per heavy atom. The molecule has 2 bridgehead atoms. The Kier molecular flexibility index (Phi) is 5.25. The molecule has 4 saturated heterocycles. The number of piperidine rings is 3. The van der Waals surface area contributed by atoms with Crippen LogP contribution in [0.1, 0.15) is 36.1 Å². The van der Waals surface area contributed by atoms with Crippen molar-refractivity contribution in [3.8, 4) is 11.8 Å². The van der Waals surface area contributed by atoms with Crippen molar-refractivity contribution < 1.29 is 14.3 Å². The molecule has 1 aromatic carbocycles. The third-order valence-electron chi connectivity index (χ3n) is 6.73. The summed E-state index contributed by atoms with van der Waals surface area (Å²) in [5, 5.41) is 11.2. The molecular formula is C25H26FN3O2. The van der Waals surface area contributed by atoms with E-state index in [-0.39, 0.29) is 12.3 Å². The number of halogens is 1. The van der Waals surface area contributed by atoms with E-state index >= 15 is 0 Å². The van der Waals surface area contributed by atoms with E-state index < -0.39 is 17.7 Å². The lowest BCUT2D eigenvalue weighted by molar-refractivity contribution is -0.121. The van der Waals surface area contributed by atoms with Gasteiger partial charge < -0.3 is 5.11 Å². The second-order valence-electron chi connectivity index (χ2n) is 8.80. The summed E-state index contributed by atoms with van der Waals surface area (Å²) < 4.78 is 13.7. The van der Waals surface area contributed by atoms with Crippen LogP contribution >= 0.6 is 0 Å². The fourth-order valence-electron chi connectivity index (χ4n) is 4.91. The van der Waals surface area contributed by atoms with Crippen LogP contribution in [-0.4, -0.2) is 58.8 Å². The van der Waals surface area contributed by atoms with Gasteiger partial charge in [0, 0.05) is 37.4 Å². The zero-order chi connectivity index (χ0) is 21.4. The molecule has 1 amide bonds. The Balaban J connectivity index is 1.49. The lowest BCUT2D eigenvalue weighted by Crippen LogP contribution is -2.58. The van der Waals surface area contributed by atoms with Gasteiger partial charge in [0.15, 0.2) is 6.17 Å². The van der Waals surface area contributed by atoms with Gasteiger partial charge >= 0.3 is 0 Å². The molecule has 5 nitrogen and oxygen atoms in total. The van der Waals surface area contributed by atoms with Gasteiger partial charge in [-0.2, -0.15) is 0 Å². The molecule has 160 valence electrons. The van der Waals surface area contributed by atoms with Crippen LogP contribution in [0, 0.1) is 17.8 Å². The molecular weight excluding hydrogens is 393 g/mol. The van der Waals surface area contributed by atoms with Gasteiger partial charge in [-0.15, -0.1) is 0 Å². The number of aliphatic hydroxyl groups is 1. The second kappa shape index (κ2) is 8.07. The van der Waals surface area contributed by atoms with E-state index in [9.17, 15) is 14.3 Å². The van der Waals surface area contributed by atoms with Crippen LogP contribution in [0.15, 0.2) is 42.5 Å². The minimum absolute atomic E-state index is 0.195. The van der Waals surface area contributed by atoms with E-state index in [1.807, 2.05) is 36.4 Å². The molecule has 0 unspecified atom stereocenters. The summed E-state index contributed by atoms with van der Waals surface area (Å²) in [6.45, 7) is 2.98. The lowest BCUT2D eigenvalue weighted by atomic mass is 9.75. The highest BCUT2D eigenvalue weighted by Crippen LogP contribution is 2.35. The molecule has 6 rings (SSSR count). The Labute approximate surface area is 181 Å². The Hall–Kier alpha value is -2.75. The predicted molar refractivity (Wildman–Crippen MR) is 116 cm³/mol. The van der Waals surface area contributed by atoms with Gasteiger partial charge in [0.25, 0.3) is 5.91 Å². The van der Waals surface area contributed by atoms with Crippen LogP contribution < -0.4 is 4.90 Å². The van der Waals surface area contributed by atoms with E-state index in [4.69, 9.17) is 4.98 Å². The number of hydrogen-bond donors (Lipinski definition) is 1. The average Bonchev–Trinajstić information content (AvgIpc) is 3.12. The van der Waals surface area contributed by atoms with Gasteiger partial charge in [-0.25, -0.2) is 9.37 Å². The number of aromatic nitrogens is 1. The fourth-order valence-corrected chi connectivity index (χ4v) is 4.91. The quantitative estimate of drug-likeness (QED) is 0.777. The van der Waals surface area contributed by atoms with E-state index in [1.165, 1.54) is 4.90 Å². The van der Waals surface area contributed by atoms with Crippen molar-refractivity contribution in [3.05, 3.63) is 59.3 Å². The van der Waals surface area contributed by atoms with E-state index in [2.05, 4.69) is 16.7 Å². The Morgan fingerprint density at radius 2 is 1.87 bits per heavy atom. The number of amides is 1. The summed E-state index contributed by atoms with van der Waals surface area (Å²) in [6, 6.07) is 13.5. The number of benzene rings is 1. The molecule has 0 radical (unpaired) electrons. The molecule has 0 saturated carbocycles. The van der Waals surface area contributed by atoms with Crippen LogP contribution in [0.25, 0.3) is 0 Å². The summed E-state index contributed by atoms with van der Waals surface area (Å²) >= 11 is 0. The first-order valence-corrected chi connectivity index (χ1v) is 11.0. The standard InChI is InChI=1S/C25H26FN3O2/c26-21-11-15-29(24(21)30)23-7-6-19(22(27-23)16-18-4-2-1-3-5-18)8-12-25(31)17-28-13-9-20(25)10-14-28/h1-7,20-21,31H,9-11,13-17H2/t21-,25-/m1/s1. The third-order valence-corrected chi connectivity index (χ3v) is 6.73. The first-order valence-electron chi connectivity index (χ1n) is 11.0. The summed E-state index contributed by atoms with van der Waals surface area (Å²) in [6.07, 6.45) is 1.24. The average molecular weight is 420 g/mol. The van der Waals surface area contributed by atoms with Crippen molar-refractivity contribution in [3.63, 3.8) is 0 Å². The monoisotopic (exact) mass is 419 g/mol. The molecule has 0 aliphatic carbocycles. The van der Waals surface area contributed by atoms with Gasteiger partial charge in [-0.1, -0.05) is 42.2 Å². The number of carbonyl (C=O) groups is 1. The van der Waals surface area contributed by atoms with Gasteiger partial charge in [0.2, 0.25) is 0 Å². The fraction of sp³-hybridized carbons (Fsp3) is 0.440. The van der Waals surface area contributed by atoms with Gasteiger partial charge in [-0.05, 0) is 43.6 Å². The van der Waals surface area contributed by atoms with Crippen LogP contribution in [0.2, 0.25) is 0 Å². The second-order valence-corrected chi connectivity index (χ2v) is 8.80. The van der Waals surface area contributed by atoms with Crippen molar-refractivity contribution in [1.29, 1.82) is 0 Å². The summed E-state index contributed by atoms with van der Waals surface area (Å²) in [7, 11) is 0. The maximum Gasteiger partial charge on any atom is 0.262 e. The number of pyridine rings is 1. The summed E-state index contributed by atoms with van der Waals surface area (Å²) in [4.78, 5) is 20.6. The first-order chi connectivity index (χ1) is 15.0. The number of carbonyl (C=O) groups excluding carboxylic acids is 1. The first kappa shape index (κ1) is 20.2. The van der Waals surface area contributed by atoms with Gasteiger partial charge in [-0.3, -0.25) is 14.6 Å². The highest BCUT2D eigenvalue weighted by molar-refractivity contribution is 5.97. The molecule has 1 N–H and O–H groups in total. The molecule has 1 aromatic heterocycles. The largest absolute Gasteiger partial charge is 0.376 e. The van der Waals surface area contributed by atoms with Crippen LogP contribution in [-0.2, 0) is 11.2 Å². The Bertz CT molecular complexity index is 1040. The minimum Gasteiger partial charge on any atom is -0.376 e. The van der Waals surface area contributed by atoms with Crippen LogP contribution in [0.4, 0.5) is 10.2 Å². The highest BCUT2D eigenvalue weighted by atomic mass is 19.1. The summed E-state index contributed by atoms with van der Waals surface area (Å²) in [5.41, 5.74) is 1.55. The number of anilines is 1. The summed E-state index contributed by atoms with van der Waals surface area (Å²) in [5.74, 6) is 6.50. The highest BCUT2D eigenvalue weighted by Gasteiger charge is 2.44. The lowest BCUT2D eigenvalue weighted by Gasteiger charge is -2.47. The SMILES string of the molecule is O=C1[C@H](F)CCN1c1ccc(C#C[C@@]2(O)CN3CCC2CC3)c(Cc2ccccc2)n1. The van der Waals surface area contributed by atoms with Gasteiger partial charge in [0.05, 0.1) is 5.69 Å². The van der Waals surface area contributed by atoms with Crippen molar-refractivity contribution >= 4 is 11.7 Å². The molecule has 2 aromatic rings. The zero-order valence-electron chi connectivity index (χ0n) is 17.4. The maximum atomic E-state index is 13.7. The van der Waals surface area contributed by atoms with E-state index in [0.717, 1.165) is 42.8 Å². The molecule has 4 aliphatic heterocycles.